The van der Waals surface area contributed by atoms with E-state index >= 15 is 0 Å². The van der Waals surface area contributed by atoms with E-state index in [2.05, 4.69) is 5.32 Å². The summed E-state index contributed by atoms with van der Waals surface area (Å²) in [5, 5.41) is 14.1. The van der Waals surface area contributed by atoms with Crippen LogP contribution in [0, 0.1) is 17.0 Å². The maximum atomic E-state index is 12.9. The van der Waals surface area contributed by atoms with Crippen LogP contribution in [0.15, 0.2) is 18.2 Å². The van der Waals surface area contributed by atoms with Gasteiger partial charge >= 0.3 is 6.18 Å². The van der Waals surface area contributed by atoms with E-state index in [1.165, 1.54) is 12.1 Å². The molecule has 5 nitrogen and oxygen atoms in total. The van der Waals surface area contributed by atoms with Crippen LogP contribution in [0.1, 0.15) is 23.6 Å². The molecule has 0 spiro atoms. The molecule has 1 aromatic rings. The lowest BCUT2D eigenvalue weighted by Crippen LogP contribution is -2.46. The van der Waals surface area contributed by atoms with E-state index in [1.807, 2.05) is 0 Å². The van der Waals surface area contributed by atoms with Crippen LogP contribution in [0.5, 0.6) is 0 Å². The third-order valence-electron chi connectivity index (χ3n) is 3.83. The summed E-state index contributed by atoms with van der Waals surface area (Å²) in [6.07, 6.45) is -5.33. The second-order valence-corrected chi connectivity index (χ2v) is 5.42. The summed E-state index contributed by atoms with van der Waals surface area (Å²) in [4.78, 5) is 12.2. The van der Waals surface area contributed by atoms with Crippen LogP contribution in [-0.4, -0.2) is 42.2 Å². The molecule has 0 aliphatic carbocycles. The fourth-order valence-electron chi connectivity index (χ4n) is 2.70. The zero-order chi connectivity index (χ0) is 16.3. The fraction of sp³-hybridized carbons (Fsp3) is 0.571. The molecular weight excluding hydrogens is 299 g/mol. The van der Waals surface area contributed by atoms with Crippen molar-refractivity contribution in [3.63, 3.8) is 0 Å². The van der Waals surface area contributed by atoms with Gasteiger partial charge in [0.15, 0.2) is 0 Å². The van der Waals surface area contributed by atoms with E-state index in [9.17, 15) is 23.3 Å². The van der Waals surface area contributed by atoms with Crippen LogP contribution in [0.3, 0.4) is 0 Å². The molecule has 1 aliphatic rings. The number of benzene rings is 1. The zero-order valence-corrected chi connectivity index (χ0v) is 12.2. The maximum absolute atomic E-state index is 12.9. The Kier molecular flexibility index (Phi) is 5.02. The summed E-state index contributed by atoms with van der Waals surface area (Å²) >= 11 is 0. The molecule has 1 heterocycles. The summed E-state index contributed by atoms with van der Waals surface area (Å²) in [5.41, 5.74) is 0.649. The molecule has 1 atom stereocenters. The van der Waals surface area contributed by atoms with Crippen molar-refractivity contribution in [1.82, 2.24) is 10.2 Å². The number of piperazine rings is 1. The average Bonchev–Trinajstić information content (AvgIpc) is 2.45. The minimum absolute atomic E-state index is 0.139. The van der Waals surface area contributed by atoms with Gasteiger partial charge in [0.25, 0.3) is 5.69 Å². The van der Waals surface area contributed by atoms with Crippen LogP contribution >= 0.6 is 0 Å². The van der Waals surface area contributed by atoms with Crippen LogP contribution < -0.4 is 5.32 Å². The van der Waals surface area contributed by atoms with Crippen LogP contribution in [0.4, 0.5) is 18.9 Å². The summed E-state index contributed by atoms with van der Waals surface area (Å²) in [7, 11) is 0. The number of nitro groups is 1. The third kappa shape index (κ3) is 4.17. The number of nitro benzene ring substituents is 1. The monoisotopic (exact) mass is 317 g/mol. The first-order valence-electron chi connectivity index (χ1n) is 7.04. The number of halogens is 3. The predicted molar refractivity (Wildman–Crippen MR) is 75.7 cm³/mol. The van der Waals surface area contributed by atoms with E-state index in [1.54, 1.807) is 17.9 Å². The smallest absolute Gasteiger partial charge is 0.314 e. The summed E-state index contributed by atoms with van der Waals surface area (Å²) in [6.45, 7) is 3.78. The van der Waals surface area contributed by atoms with E-state index in [0.29, 0.717) is 37.3 Å². The number of alkyl halides is 3. The Balaban J connectivity index is 2.35. The van der Waals surface area contributed by atoms with E-state index < -0.39 is 23.6 Å². The SMILES string of the molecule is Cc1ccc([C@H](CC(F)(F)F)N2CCNCC2)cc1[N+](=O)[O-]. The van der Waals surface area contributed by atoms with Gasteiger partial charge in [0.2, 0.25) is 0 Å². The Morgan fingerprint density at radius 3 is 2.55 bits per heavy atom. The maximum Gasteiger partial charge on any atom is 0.390 e. The number of aryl methyl sites for hydroxylation is 1. The molecule has 2 rings (SSSR count). The molecule has 1 aliphatic heterocycles. The summed E-state index contributed by atoms with van der Waals surface area (Å²) in [6, 6.07) is 3.45. The lowest BCUT2D eigenvalue weighted by atomic mass is 9.98. The van der Waals surface area contributed by atoms with Gasteiger partial charge in [-0.1, -0.05) is 12.1 Å². The molecule has 0 saturated carbocycles. The van der Waals surface area contributed by atoms with Crippen molar-refractivity contribution < 1.29 is 18.1 Å². The van der Waals surface area contributed by atoms with E-state index in [4.69, 9.17) is 0 Å². The normalized spacial score (nSPS) is 18.2. The molecule has 1 N–H and O–H groups in total. The van der Waals surface area contributed by atoms with Gasteiger partial charge in [-0.25, -0.2) is 0 Å². The predicted octanol–water partition coefficient (Wildman–Crippen LogP) is 2.80. The van der Waals surface area contributed by atoms with Gasteiger partial charge in [0, 0.05) is 43.9 Å². The van der Waals surface area contributed by atoms with Gasteiger partial charge in [-0.2, -0.15) is 13.2 Å². The Bertz CT molecular complexity index is 543. The third-order valence-corrected chi connectivity index (χ3v) is 3.83. The van der Waals surface area contributed by atoms with Crippen molar-refractivity contribution in [2.24, 2.45) is 0 Å². The van der Waals surface area contributed by atoms with Gasteiger partial charge in [0.1, 0.15) is 0 Å². The number of hydrogen-bond donors (Lipinski definition) is 1. The van der Waals surface area contributed by atoms with Gasteiger partial charge in [-0.05, 0) is 12.5 Å². The first-order chi connectivity index (χ1) is 10.3. The molecule has 8 heteroatoms. The Morgan fingerprint density at radius 1 is 1.36 bits per heavy atom. The minimum atomic E-state index is -4.32. The summed E-state index contributed by atoms with van der Waals surface area (Å²) < 4.78 is 38.7. The molecule has 0 amide bonds. The standard InChI is InChI=1S/C14H18F3N3O2/c1-10-2-3-11(8-12(10)20(21)22)13(9-14(15,16)17)19-6-4-18-5-7-19/h2-3,8,13,18H,4-7,9H2,1H3/t13-/m0/s1. The number of rotatable bonds is 4. The Morgan fingerprint density at radius 2 is 2.00 bits per heavy atom. The lowest BCUT2D eigenvalue weighted by molar-refractivity contribution is -0.385. The second kappa shape index (κ2) is 6.62. The molecule has 1 aromatic carbocycles. The number of nitrogens with zero attached hydrogens (tertiary/aromatic N) is 2. The van der Waals surface area contributed by atoms with Crippen molar-refractivity contribution in [3.8, 4) is 0 Å². The molecule has 0 aromatic heterocycles. The lowest BCUT2D eigenvalue weighted by Gasteiger charge is -2.35. The minimum Gasteiger partial charge on any atom is -0.314 e. The van der Waals surface area contributed by atoms with Gasteiger partial charge in [-0.3, -0.25) is 15.0 Å². The van der Waals surface area contributed by atoms with E-state index in [0.717, 1.165) is 0 Å². The van der Waals surface area contributed by atoms with Crippen molar-refractivity contribution in [3.05, 3.63) is 39.4 Å². The molecule has 122 valence electrons. The molecule has 0 unspecified atom stereocenters. The first kappa shape index (κ1) is 16.7. The highest BCUT2D eigenvalue weighted by atomic mass is 19.4. The van der Waals surface area contributed by atoms with Crippen LogP contribution in [0.2, 0.25) is 0 Å². The van der Waals surface area contributed by atoms with Gasteiger partial charge in [-0.15, -0.1) is 0 Å². The first-order valence-corrected chi connectivity index (χ1v) is 7.04. The molecule has 1 saturated heterocycles. The van der Waals surface area contributed by atoms with E-state index in [-0.39, 0.29) is 5.69 Å². The molecule has 0 radical (unpaired) electrons. The highest BCUT2D eigenvalue weighted by molar-refractivity contribution is 5.43. The molecule has 1 fully saturated rings. The quantitative estimate of drug-likeness (QED) is 0.685. The highest BCUT2D eigenvalue weighted by Gasteiger charge is 2.36. The van der Waals surface area contributed by atoms with Crippen molar-refractivity contribution in [1.29, 1.82) is 0 Å². The topological polar surface area (TPSA) is 58.4 Å². The number of nitrogens with one attached hydrogen (secondary N) is 1. The van der Waals surface area contributed by atoms with Crippen LogP contribution in [0.25, 0.3) is 0 Å². The second-order valence-electron chi connectivity index (χ2n) is 5.42. The highest BCUT2D eigenvalue weighted by Crippen LogP contribution is 2.35. The van der Waals surface area contributed by atoms with Gasteiger partial charge < -0.3 is 5.32 Å². The molecule has 22 heavy (non-hydrogen) atoms. The molecular formula is C14H18F3N3O2. The molecule has 0 bridgehead atoms. The zero-order valence-electron chi connectivity index (χ0n) is 12.2. The Hall–Kier alpha value is -1.67. The largest absolute Gasteiger partial charge is 0.390 e. The average molecular weight is 317 g/mol. The summed E-state index contributed by atoms with van der Waals surface area (Å²) in [5.74, 6) is 0. The van der Waals surface area contributed by atoms with Crippen molar-refractivity contribution in [2.45, 2.75) is 25.6 Å². The van der Waals surface area contributed by atoms with Crippen molar-refractivity contribution >= 4 is 5.69 Å². The van der Waals surface area contributed by atoms with Crippen LogP contribution in [-0.2, 0) is 0 Å². The van der Waals surface area contributed by atoms with Gasteiger partial charge in [0.05, 0.1) is 11.3 Å². The van der Waals surface area contributed by atoms with Crippen molar-refractivity contribution in [2.75, 3.05) is 26.2 Å². The Labute approximate surface area is 126 Å². The number of hydrogen-bond acceptors (Lipinski definition) is 4. The fourth-order valence-corrected chi connectivity index (χ4v) is 2.70.